The summed E-state index contributed by atoms with van der Waals surface area (Å²) in [5.74, 6) is 1.81. The van der Waals surface area contributed by atoms with Crippen molar-refractivity contribution < 1.29 is 8.83 Å². The molecule has 0 bridgehead atoms. The molecule has 11 rings (SSSR count). The van der Waals surface area contributed by atoms with E-state index < -0.39 is 0 Å². The van der Waals surface area contributed by atoms with Gasteiger partial charge in [0, 0.05) is 49.8 Å². The maximum absolute atomic E-state index is 6.37. The Kier molecular flexibility index (Phi) is 6.15. The number of benzene rings is 7. The van der Waals surface area contributed by atoms with E-state index in [0.717, 1.165) is 93.4 Å². The number of rotatable bonds is 4. The minimum atomic E-state index is 0.593. The number of aromatic nitrogens is 4. The van der Waals surface area contributed by atoms with Gasteiger partial charge in [-0.3, -0.25) is 4.98 Å². The minimum absolute atomic E-state index is 0.593. The Hall–Kier alpha value is -7.18. The first-order valence-corrected chi connectivity index (χ1v) is 17.2. The largest absolute Gasteiger partial charge is 0.456 e. The molecule has 0 aliphatic heterocycles. The average molecular weight is 667 g/mol. The fraction of sp³-hybridized carbons (Fsp3) is 0. The van der Waals surface area contributed by atoms with Crippen molar-refractivity contribution in [3.8, 4) is 45.3 Å². The molecule has 0 atom stereocenters. The predicted octanol–water partition coefficient (Wildman–Crippen LogP) is 12.0. The van der Waals surface area contributed by atoms with E-state index in [2.05, 4.69) is 83.8 Å². The molecule has 7 aromatic carbocycles. The fourth-order valence-electron chi connectivity index (χ4n) is 7.57. The van der Waals surface area contributed by atoms with Crippen LogP contribution >= 0.6 is 0 Å². The quantitative estimate of drug-likeness (QED) is 0.186. The second kappa shape index (κ2) is 11.2. The van der Waals surface area contributed by atoms with Gasteiger partial charge in [-0.05, 0) is 64.4 Å². The van der Waals surface area contributed by atoms with Crippen LogP contribution in [0.4, 0.5) is 0 Å². The molecular weight excluding hydrogens is 641 g/mol. The molecule has 0 amide bonds. The summed E-state index contributed by atoms with van der Waals surface area (Å²) in [7, 11) is 0. The first kappa shape index (κ1) is 28.6. The molecule has 4 aromatic heterocycles. The highest BCUT2D eigenvalue weighted by molar-refractivity contribution is 6.16. The molecule has 0 saturated heterocycles. The lowest BCUT2D eigenvalue weighted by atomic mass is 9.95. The maximum Gasteiger partial charge on any atom is 0.164 e. The van der Waals surface area contributed by atoms with E-state index in [0.29, 0.717) is 17.5 Å². The molecule has 0 unspecified atom stereocenters. The van der Waals surface area contributed by atoms with Crippen LogP contribution in [0.5, 0.6) is 0 Å². The Balaban J connectivity index is 1.10. The lowest BCUT2D eigenvalue weighted by Gasteiger charge is -2.12. The van der Waals surface area contributed by atoms with Gasteiger partial charge in [0.25, 0.3) is 0 Å². The third-order valence-electron chi connectivity index (χ3n) is 9.96. The number of pyridine rings is 1. The highest BCUT2D eigenvalue weighted by Crippen LogP contribution is 2.41. The van der Waals surface area contributed by atoms with Crippen molar-refractivity contribution >= 4 is 65.6 Å². The van der Waals surface area contributed by atoms with Gasteiger partial charge in [-0.25, -0.2) is 15.0 Å². The molecular formula is C46H26N4O2. The Morgan fingerprint density at radius 2 is 1.04 bits per heavy atom. The molecule has 0 N–H and O–H groups in total. The Labute approximate surface area is 296 Å². The molecule has 242 valence electrons. The number of hydrogen-bond donors (Lipinski definition) is 0. The van der Waals surface area contributed by atoms with Crippen LogP contribution in [0.2, 0.25) is 0 Å². The summed E-state index contributed by atoms with van der Waals surface area (Å²) in [6.07, 6.45) is 1.83. The minimum Gasteiger partial charge on any atom is -0.456 e. The second-order valence-corrected chi connectivity index (χ2v) is 13.0. The molecule has 4 heterocycles. The van der Waals surface area contributed by atoms with Crippen molar-refractivity contribution in [2.24, 2.45) is 0 Å². The molecule has 0 aliphatic rings. The number of furan rings is 2. The molecule has 6 nitrogen and oxygen atoms in total. The topological polar surface area (TPSA) is 77.8 Å². The van der Waals surface area contributed by atoms with E-state index in [4.69, 9.17) is 23.8 Å². The van der Waals surface area contributed by atoms with Gasteiger partial charge < -0.3 is 8.83 Å². The van der Waals surface area contributed by atoms with Gasteiger partial charge in [-0.15, -0.1) is 0 Å². The molecule has 0 spiro atoms. The Morgan fingerprint density at radius 3 is 1.92 bits per heavy atom. The van der Waals surface area contributed by atoms with Gasteiger partial charge >= 0.3 is 0 Å². The van der Waals surface area contributed by atoms with E-state index in [1.807, 2.05) is 79.0 Å². The smallest absolute Gasteiger partial charge is 0.164 e. The summed E-state index contributed by atoms with van der Waals surface area (Å²) in [5.41, 5.74) is 9.22. The molecule has 11 aromatic rings. The Bertz CT molecular complexity index is 3200. The van der Waals surface area contributed by atoms with Gasteiger partial charge in [0.1, 0.15) is 22.3 Å². The number of fused-ring (bicyclic) bond motifs is 8. The Morgan fingerprint density at radius 1 is 0.365 bits per heavy atom. The van der Waals surface area contributed by atoms with Crippen LogP contribution < -0.4 is 0 Å². The molecule has 0 fully saturated rings. The summed E-state index contributed by atoms with van der Waals surface area (Å²) in [5, 5.41) is 7.33. The zero-order valence-electron chi connectivity index (χ0n) is 27.6. The van der Waals surface area contributed by atoms with Crippen molar-refractivity contribution in [3.63, 3.8) is 0 Å². The van der Waals surface area contributed by atoms with Crippen molar-refractivity contribution in [2.45, 2.75) is 0 Å². The van der Waals surface area contributed by atoms with Crippen LogP contribution in [0, 0.1) is 0 Å². The summed E-state index contributed by atoms with van der Waals surface area (Å²) in [4.78, 5) is 19.9. The summed E-state index contributed by atoms with van der Waals surface area (Å²) in [6, 6.07) is 51.6. The van der Waals surface area contributed by atoms with Gasteiger partial charge in [-0.2, -0.15) is 0 Å². The SMILES string of the molecule is c1ccc(-c2nc(-c3cccc4cc(-c5cccc6oc7cc8cccnc8cc7c56)ccc34)nc(-c3cccc4oc5ccccc5c34)n2)cc1. The lowest BCUT2D eigenvalue weighted by molar-refractivity contribution is 0.669. The van der Waals surface area contributed by atoms with Gasteiger partial charge in [0.15, 0.2) is 17.5 Å². The fourth-order valence-corrected chi connectivity index (χ4v) is 7.57. The van der Waals surface area contributed by atoms with Crippen LogP contribution in [0.1, 0.15) is 0 Å². The molecule has 0 aliphatic carbocycles. The van der Waals surface area contributed by atoms with Crippen LogP contribution in [-0.4, -0.2) is 19.9 Å². The normalized spacial score (nSPS) is 11.8. The molecule has 0 saturated carbocycles. The summed E-state index contributed by atoms with van der Waals surface area (Å²) >= 11 is 0. The van der Waals surface area contributed by atoms with Crippen molar-refractivity contribution in [3.05, 3.63) is 158 Å². The van der Waals surface area contributed by atoms with E-state index >= 15 is 0 Å². The van der Waals surface area contributed by atoms with E-state index in [1.165, 1.54) is 0 Å². The van der Waals surface area contributed by atoms with Gasteiger partial charge in [0.2, 0.25) is 0 Å². The maximum atomic E-state index is 6.37. The zero-order valence-corrected chi connectivity index (χ0v) is 27.6. The molecule has 6 heteroatoms. The van der Waals surface area contributed by atoms with Crippen molar-refractivity contribution in [1.29, 1.82) is 0 Å². The lowest BCUT2D eigenvalue weighted by Crippen LogP contribution is -2.00. The number of nitrogens with zero attached hydrogens (tertiary/aromatic N) is 4. The summed E-state index contributed by atoms with van der Waals surface area (Å²) in [6.45, 7) is 0. The standard InChI is InChI=1S/C46H26N4O2/c1-2-10-27(11-3-1)44-48-45(50-46(49-44)35-17-8-20-40-43(35)34-14-4-5-18-38(34)51-40)33-16-6-12-28-24-29(21-22-31(28)33)32-15-7-19-39-42(32)36-26-37-30(13-9-23-47-37)25-41(36)52-39/h1-26H. The van der Waals surface area contributed by atoms with E-state index in [9.17, 15) is 0 Å². The number of hydrogen-bond acceptors (Lipinski definition) is 6. The second-order valence-electron chi connectivity index (χ2n) is 13.0. The number of para-hydroxylation sites is 1. The van der Waals surface area contributed by atoms with Crippen LogP contribution in [0.15, 0.2) is 167 Å². The van der Waals surface area contributed by atoms with Crippen LogP contribution in [-0.2, 0) is 0 Å². The van der Waals surface area contributed by atoms with Gasteiger partial charge in [-0.1, -0.05) is 109 Å². The van der Waals surface area contributed by atoms with E-state index in [-0.39, 0.29) is 0 Å². The van der Waals surface area contributed by atoms with Crippen molar-refractivity contribution in [2.75, 3.05) is 0 Å². The highest BCUT2D eigenvalue weighted by Gasteiger charge is 2.19. The third kappa shape index (κ3) is 4.44. The molecule has 52 heavy (non-hydrogen) atoms. The monoisotopic (exact) mass is 666 g/mol. The zero-order chi connectivity index (χ0) is 34.2. The first-order chi connectivity index (χ1) is 25.7. The third-order valence-corrected chi connectivity index (χ3v) is 9.96. The van der Waals surface area contributed by atoms with Gasteiger partial charge in [0.05, 0.1) is 5.52 Å². The average Bonchev–Trinajstić information content (AvgIpc) is 3.77. The highest BCUT2D eigenvalue weighted by atomic mass is 16.3. The van der Waals surface area contributed by atoms with E-state index in [1.54, 1.807) is 0 Å². The predicted molar refractivity (Wildman–Crippen MR) is 209 cm³/mol. The van der Waals surface area contributed by atoms with Crippen molar-refractivity contribution in [1.82, 2.24) is 19.9 Å². The molecule has 0 radical (unpaired) electrons. The van der Waals surface area contributed by atoms with Crippen LogP contribution in [0.3, 0.4) is 0 Å². The summed E-state index contributed by atoms with van der Waals surface area (Å²) < 4.78 is 12.6. The first-order valence-electron chi connectivity index (χ1n) is 17.2. The van der Waals surface area contributed by atoms with Crippen LogP contribution in [0.25, 0.3) is 111 Å².